The molecule has 1 heterocycles. The number of halogens is 2. The lowest BCUT2D eigenvalue weighted by molar-refractivity contribution is 0.279. The molecule has 3 rings (SSSR count). The van der Waals surface area contributed by atoms with Gasteiger partial charge in [0.05, 0.1) is 17.1 Å². The van der Waals surface area contributed by atoms with Crippen LogP contribution in [-0.2, 0) is 14.6 Å². The maximum Gasteiger partial charge on any atom is 0.188 e. The normalized spacial score (nSPS) is 23.5. The maximum atomic E-state index is 14.7. The van der Waals surface area contributed by atoms with Crippen LogP contribution in [0.1, 0.15) is 31.4 Å². The van der Waals surface area contributed by atoms with E-state index in [1.807, 2.05) is 6.92 Å². The van der Waals surface area contributed by atoms with E-state index in [0.29, 0.717) is 6.42 Å². The van der Waals surface area contributed by atoms with Gasteiger partial charge in [-0.2, -0.15) is 0 Å². The van der Waals surface area contributed by atoms with Crippen molar-refractivity contribution in [3.63, 3.8) is 0 Å². The van der Waals surface area contributed by atoms with E-state index >= 15 is 0 Å². The molecule has 0 N–H and O–H groups in total. The minimum atomic E-state index is -3.99. The fourth-order valence-electron chi connectivity index (χ4n) is 3.36. The summed E-state index contributed by atoms with van der Waals surface area (Å²) in [5.74, 6) is -2.29. The van der Waals surface area contributed by atoms with Crippen LogP contribution in [0.25, 0.3) is 0 Å². The number of fused-ring (bicyclic) bond motifs is 1. The number of rotatable bonds is 2. The third-order valence-electron chi connectivity index (χ3n) is 5.18. The van der Waals surface area contributed by atoms with E-state index in [9.17, 15) is 17.2 Å². The predicted octanol–water partition coefficient (Wildman–Crippen LogP) is 4.38. The van der Waals surface area contributed by atoms with Crippen molar-refractivity contribution in [2.75, 3.05) is 6.61 Å². The Labute approximate surface area is 146 Å². The molecule has 0 saturated heterocycles. The summed E-state index contributed by atoms with van der Waals surface area (Å²) in [7, 11) is -3.99. The lowest BCUT2D eigenvalue weighted by Crippen LogP contribution is -2.39. The molecule has 6 heteroatoms. The Balaban J connectivity index is 2.33. The average molecular weight is 366 g/mol. The average Bonchev–Trinajstić information content (AvgIpc) is 2.70. The number of aryl methyl sites for hydroxylation is 1. The smallest absolute Gasteiger partial charge is 0.188 e. The lowest BCUT2D eigenvalue weighted by Gasteiger charge is -2.34. The molecular formula is C19H20F2O3S. The highest BCUT2D eigenvalue weighted by Crippen LogP contribution is 2.49. The molecule has 25 heavy (non-hydrogen) atoms. The molecule has 1 aliphatic rings. The first-order chi connectivity index (χ1) is 11.7. The third-order valence-corrected chi connectivity index (χ3v) is 7.80. The van der Waals surface area contributed by atoms with Crippen LogP contribution in [0.3, 0.4) is 0 Å². The maximum absolute atomic E-state index is 14.7. The molecule has 0 fully saturated rings. The van der Waals surface area contributed by atoms with Crippen molar-refractivity contribution in [3.8, 4) is 5.75 Å². The molecule has 0 aromatic heterocycles. The number of benzene rings is 2. The summed E-state index contributed by atoms with van der Waals surface area (Å²) in [6.45, 7) is 5.18. The van der Waals surface area contributed by atoms with E-state index < -0.39 is 32.1 Å². The second-order valence-corrected chi connectivity index (χ2v) is 9.02. The molecule has 3 nitrogen and oxygen atoms in total. The van der Waals surface area contributed by atoms with Crippen LogP contribution in [0.15, 0.2) is 41.3 Å². The number of sulfone groups is 1. The lowest BCUT2D eigenvalue weighted by atomic mass is 9.85. The summed E-state index contributed by atoms with van der Waals surface area (Å²) >= 11 is 0. The number of hydrogen-bond acceptors (Lipinski definition) is 3. The Morgan fingerprint density at radius 3 is 2.32 bits per heavy atom. The van der Waals surface area contributed by atoms with Crippen LogP contribution in [-0.4, -0.2) is 15.0 Å². The van der Waals surface area contributed by atoms with E-state index in [-0.39, 0.29) is 22.8 Å². The quantitative estimate of drug-likeness (QED) is 0.792. The standard InChI is InChI=1S/C19H20F2O3S/c1-12-4-6-14(7-5-12)25(22,23)19(3)13(2)10-11-24-18-16(21)9-8-15(20)17(18)19/h4-9,13H,10-11H2,1-3H3. The van der Waals surface area contributed by atoms with Crippen molar-refractivity contribution in [2.24, 2.45) is 5.92 Å². The molecule has 134 valence electrons. The van der Waals surface area contributed by atoms with Gasteiger partial charge in [0, 0.05) is 0 Å². The summed E-state index contributed by atoms with van der Waals surface area (Å²) in [5, 5.41) is 0. The molecule has 0 spiro atoms. The van der Waals surface area contributed by atoms with Gasteiger partial charge >= 0.3 is 0 Å². The van der Waals surface area contributed by atoms with E-state index in [1.54, 1.807) is 19.1 Å². The first-order valence-electron chi connectivity index (χ1n) is 8.12. The summed E-state index contributed by atoms with van der Waals surface area (Å²) in [6.07, 6.45) is 0.370. The second kappa shape index (κ2) is 6.09. The van der Waals surface area contributed by atoms with Gasteiger partial charge in [-0.05, 0) is 50.5 Å². The topological polar surface area (TPSA) is 43.4 Å². The molecule has 0 amide bonds. The third kappa shape index (κ3) is 2.63. The monoisotopic (exact) mass is 366 g/mol. The number of ether oxygens (including phenoxy) is 1. The van der Waals surface area contributed by atoms with Gasteiger partial charge in [-0.3, -0.25) is 0 Å². The highest BCUT2D eigenvalue weighted by Gasteiger charge is 2.51. The molecule has 2 unspecified atom stereocenters. The van der Waals surface area contributed by atoms with Crippen molar-refractivity contribution in [3.05, 3.63) is 59.2 Å². The highest BCUT2D eigenvalue weighted by molar-refractivity contribution is 7.92. The fourth-order valence-corrected chi connectivity index (χ4v) is 5.45. The van der Waals surface area contributed by atoms with Gasteiger partial charge in [0.25, 0.3) is 0 Å². The largest absolute Gasteiger partial charge is 0.490 e. The van der Waals surface area contributed by atoms with Gasteiger partial charge in [0.1, 0.15) is 10.6 Å². The summed E-state index contributed by atoms with van der Waals surface area (Å²) in [5.41, 5.74) is 0.692. The summed E-state index contributed by atoms with van der Waals surface area (Å²) in [4.78, 5) is 0.0870. The van der Waals surface area contributed by atoms with Crippen LogP contribution >= 0.6 is 0 Å². The van der Waals surface area contributed by atoms with Crippen LogP contribution in [0.4, 0.5) is 8.78 Å². The zero-order valence-electron chi connectivity index (χ0n) is 14.3. The van der Waals surface area contributed by atoms with E-state index in [0.717, 1.165) is 17.7 Å². The van der Waals surface area contributed by atoms with Gasteiger partial charge < -0.3 is 4.74 Å². The molecule has 1 aliphatic heterocycles. The first-order valence-corrected chi connectivity index (χ1v) is 9.60. The predicted molar refractivity (Wildman–Crippen MR) is 91.4 cm³/mol. The highest BCUT2D eigenvalue weighted by atomic mass is 32.2. The molecule has 2 aromatic carbocycles. The zero-order chi connectivity index (χ0) is 18.4. The summed E-state index contributed by atoms with van der Waals surface area (Å²) < 4.78 is 59.6. The van der Waals surface area contributed by atoms with Crippen molar-refractivity contribution in [1.82, 2.24) is 0 Å². The molecule has 2 aromatic rings. The minimum absolute atomic E-state index is 0.0870. The summed E-state index contributed by atoms with van der Waals surface area (Å²) in [6, 6.07) is 8.31. The van der Waals surface area contributed by atoms with Crippen molar-refractivity contribution in [2.45, 2.75) is 36.8 Å². The SMILES string of the molecule is Cc1ccc(S(=O)(=O)C2(C)c3c(F)ccc(F)c3OCCC2C)cc1. The fraction of sp³-hybridized carbons (Fsp3) is 0.368. The van der Waals surface area contributed by atoms with Gasteiger partial charge in [-0.1, -0.05) is 24.6 Å². The Hall–Kier alpha value is -1.95. The second-order valence-electron chi connectivity index (χ2n) is 6.70. The molecule has 0 saturated carbocycles. The number of hydrogen-bond donors (Lipinski definition) is 0. The molecule has 0 radical (unpaired) electrons. The molecule has 2 atom stereocenters. The molecule has 0 bridgehead atoms. The van der Waals surface area contributed by atoms with E-state index in [4.69, 9.17) is 4.74 Å². The van der Waals surface area contributed by atoms with Crippen LogP contribution in [0, 0.1) is 24.5 Å². The van der Waals surface area contributed by atoms with Crippen molar-refractivity contribution in [1.29, 1.82) is 0 Å². The van der Waals surface area contributed by atoms with E-state index in [1.165, 1.54) is 19.1 Å². The minimum Gasteiger partial charge on any atom is -0.490 e. The van der Waals surface area contributed by atoms with E-state index in [2.05, 4.69) is 0 Å². The van der Waals surface area contributed by atoms with Gasteiger partial charge in [-0.25, -0.2) is 17.2 Å². The van der Waals surface area contributed by atoms with Crippen LogP contribution in [0.5, 0.6) is 5.75 Å². The molecular weight excluding hydrogens is 346 g/mol. The van der Waals surface area contributed by atoms with Gasteiger partial charge in [0.2, 0.25) is 0 Å². The Kier molecular flexibility index (Phi) is 4.35. The van der Waals surface area contributed by atoms with Gasteiger partial charge in [-0.15, -0.1) is 0 Å². The Bertz CT molecular complexity index is 907. The zero-order valence-corrected chi connectivity index (χ0v) is 15.2. The van der Waals surface area contributed by atoms with Crippen molar-refractivity contribution < 1.29 is 21.9 Å². The van der Waals surface area contributed by atoms with Crippen LogP contribution < -0.4 is 4.74 Å². The first kappa shape index (κ1) is 17.9. The molecule has 0 aliphatic carbocycles. The van der Waals surface area contributed by atoms with Crippen LogP contribution in [0.2, 0.25) is 0 Å². The van der Waals surface area contributed by atoms with Crippen molar-refractivity contribution >= 4 is 9.84 Å². The Morgan fingerprint density at radius 1 is 1.08 bits per heavy atom. The Morgan fingerprint density at radius 2 is 1.68 bits per heavy atom. The van der Waals surface area contributed by atoms with Gasteiger partial charge in [0.15, 0.2) is 21.4 Å².